The van der Waals surface area contributed by atoms with Crippen molar-refractivity contribution in [2.75, 3.05) is 11.9 Å². The number of aromatic nitrogens is 5. The fourth-order valence-corrected chi connectivity index (χ4v) is 2.17. The summed E-state index contributed by atoms with van der Waals surface area (Å²) in [6.45, 7) is 3.00. The van der Waals surface area contributed by atoms with Gasteiger partial charge in [-0.1, -0.05) is 36.4 Å². The summed E-state index contributed by atoms with van der Waals surface area (Å²) in [5, 5.41) is 21.9. The van der Waals surface area contributed by atoms with Gasteiger partial charge in [0.25, 0.3) is 0 Å². The van der Waals surface area contributed by atoms with Gasteiger partial charge in [-0.05, 0) is 6.42 Å². The normalized spacial score (nSPS) is 10.9. The number of hydrogen-bond donors (Lipinski definition) is 1. The molecular weight excluding hydrogens is 252 g/mol. The molecule has 3 rings (SSSR count). The summed E-state index contributed by atoms with van der Waals surface area (Å²) in [6.07, 6.45) is 2.75. The molecule has 2 heterocycles. The molecule has 0 aliphatic rings. The van der Waals surface area contributed by atoms with E-state index in [2.05, 4.69) is 38.8 Å². The van der Waals surface area contributed by atoms with Crippen molar-refractivity contribution in [3.8, 4) is 11.4 Å². The van der Waals surface area contributed by atoms with E-state index < -0.39 is 0 Å². The molecule has 2 aromatic heterocycles. The topological polar surface area (TPSA) is 68.5 Å². The molecule has 0 fully saturated rings. The Morgan fingerprint density at radius 1 is 1.15 bits per heavy atom. The third-order valence-electron chi connectivity index (χ3n) is 3.19. The first kappa shape index (κ1) is 12.5. The number of anilines is 1. The fraction of sp³-hybridized carbons (Fsp3) is 0.286. The first-order chi connectivity index (χ1) is 9.81. The number of aryl methyl sites for hydroxylation is 1. The van der Waals surface area contributed by atoms with Gasteiger partial charge in [0.15, 0.2) is 5.82 Å². The first-order valence-electron chi connectivity index (χ1n) is 6.65. The van der Waals surface area contributed by atoms with Crippen molar-refractivity contribution < 1.29 is 0 Å². The third-order valence-corrected chi connectivity index (χ3v) is 3.19. The zero-order chi connectivity index (χ0) is 13.9. The Morgan fingerprint density at radius 3 is 2.65 bits per heavy atom. The van der Waals surface area contributed by atoms with Gasteiger partial charge in [-0.3, -0.25) is 0 Å². The summed E-state index contributed by atoms with van der Waals surface area (Å²) in [5.41, 5.74) is 1.66. The molecule has 0 radical (unpaired) electrons. The van der Waals surface area contributed by atoms with E-state index in [1.54, 1.807) is 10.9 Å². The van der Waals surface area contributed by atoms with Crippen molar-refractivity contribution in [3.05, 3.63) is 30.5 Å². The number of fused-ring (bicyclic) bond motifs is 1. The molecule has 0 atom stereocenters. The second kappa shape index (κ2) is 5.24. The molecule has 0 aliphatic heterocycles. The summed E-state index contributed by atoms with van der Waals surface area (Å²) in [7, 11) is 1.85. The second-order valence-corrected chi connectivity index (χ2v) is 4.61. The number of nitrogens with one attached hydrogen (secondary N) is 1. The maximum atomic E-state index is 4.35. The van der Waals surface area contributed by atoms with Crippen molar-refractivity contribution in [1.29, 1.82) is 0 Å². The maximum absolute atomic E-state index is 4.35. The Kier molecular flexibility index (Phi) is 3.28. The van der Waals surface area contributed by atoms with Gasteiger partial charge in [-0.15, -0.1) is 15.3 Å². The highest BCUT2D eigenvalue weighted by molar-refractivity contribution is 5.99. The molecule has 0 unspecified atom stereocenters. The van der Waals surface area contributed by atoms with E-state index >= 15 is 0 Å². The molecule has 0 bridgehead atoms. The van der Waals surface area contributed by atoms with Gasteiger partial charge in [-0.25, -0.2) is 4.68 Å². The molecule has 0 saturated carbocycles. The SMILES string of the molecule is CCCNc1nnc(-c2cnnn2C)c2ccccc12. The van der Waals surface area contributed by atoms with Crippen molar-refractivity contribution in [2.45, 2.75) is 13.3 Å². The van der Waals surface area contributed by atoms with E-state index in [0.29, 0.717) is 0 Å². The van der Waals surface area contributed by atoms with E-state index in [9.17, 15) is 0 Å². The minimum atomic E-state index is 0.801. The second-order valence-electron chi connectivity index (χ2n) is 4.61. The van der Waals surface area contributed by atoms with E-state index in [1.165, 1.54) is 0 Å². The van der Waals surface area contributed by atoms with Crippen LogP contribution in [0.3, 0.4) is 0 Å². The van der Waals surface area contributed by atoms with E-state index in [4.69, 9.17) is 0 Å². The van der Waals surface area contributed by atoms with E-state index in [-0.39, 0.29) is 0 Å². The van der Waals surface area contributed by atoms with Crippen LogP contribution >= 0.6 is 0 Å². The lowest BCUT2D eigenvalue weighted by atomic mass is 10.1. The zero-order valence-corrected chi connectivity index (χ0v) is 11.5. The lowest BCUT2D eigenvalue weighted by molar-refractivity contribution is 0.718. The van der Waals surface area contributed by atoms with Gasteiger partial charge in [0.1, 0.15) is 11.4 Å². The van der Waals surface area contributed by atoms with Crippen LogP contribution in [0.5, 0.6) is 0 Å². The van der Waals surface area contributed by atoms with Crippen molar-refractivity contribution >= 4 is 16.6 Å². The molecule has 0 spiro atoms. The van der Waals surface area contributed by atoms with Crippen molar-refractivity contribution in [3.63, 3.8) is 0 Å². The van der Waals surface area contributed by atoms with Gasteiger partial charge in [-0.2, -0.15) is 0 Å². The van der Waals surface area contributed by atoms with Crippen molar-refractivity contribution in [2.24, 2.45) is 7.05 Å². The molecule has 3 aromatic rings. The largest absolute Gasteiger partial charge is 0.368 e. The zero-order valence-electron chi connectivity index (χ0n) is 11.5. The smallest absolute Gasteiger partial charge is 0.156 e. The highest BCUT2D eigenvalue weighted by Gasteiger charge is 2.13. The fourth-order valence-electron chi connectivity index (χ4n) is 2.17. The standard InChI is InChI=1S/C14H16N6/c1-3-8-15-14-11-7-5-4-6-10(11)13(17-18-14)12-9-16-19-20(12)2/h4-7,9H,3,8H2,1-2H3,(H,15,18). The van der Waals surface area contributed by atoms with Crippen LogP contribution in [0.2, 0.25) is 0 Å². The molecule has 1 N–H and O–H groups in total. The third kappa shape index (κ3) is 2.09. The van der Waals surface area contributed by atoms with Crippen LogP contribution in [0.4, 0.5) is 5.82 Å². The van der Waals surface area contributed by atoms with Crippen LogP contribution in [0.1, 0.15) is 13.3 Å². The van der Waals surface area contributed by atoms with Gasteiger partial charge in [0.2, 0.25) is 0 Å². The number of hydrogen-bond acceptors (Lipinski definition) is 5. The van der Waals surface area contributed by atoms with Crippen LogP contribution in [0.15, 0.2) is 30.5 Å². The molecular formula is C14H16N6. The predicted molar refractivity (Wildman–Crippen MR) is 78.3 cm³/mol. The van der Waals surface area contributed by atoms with Gasteiger partial charge in [0, 0.05) is 24.4 Å². The highest BCUT2D eigenvalue weighted by atomic mass is 15.4. The Bertz CT molecular complexity index is 733. The van der Waals surface area contributed by atoms with Crippen molar-refractivity contribution in [1.82, 2.24) is 25.2 Å². The molecule has 0 amide bonds. The Labute approximate surface area is 116 Å². The van der Waals surface area contributed by atoms with Crippen LogP contribution in [0.25, 0.3) is 22.2 Å². The molecule has 20 heavy (non-hydrogen) atoms. The maximum Gasteiger partial charge on any atom is 0.156 e. The summed E-state index contributed by atoms with van der Waals surface area (Å²) >= 11 is 0. The Balaban J connectivity index is 2.19. The minimum absolute atomic E-state index is 0.801. The van der Waals surface area contributed by atoms with E-state index in [0.717, 1.165) is 40.9 Å². The predicted octanol–water partition coefficient (Wildman–Crippen LogP) is 2.25. The highest BCUT2D eigenvalue weighted by Crippen LogP contribution is 2.28. The van der Waals surface area contributed by atoms with Gasteiger partial charge >= 0.3 is 0 Å². The molecule has 6 nitrogen and oxygen atoms in total. The monoisotopic (exact) mass is 268 g/mol. The van der Waals surface area contributed by atoms with Crippen LogP contribution in [0, 0.1) is 0 Å². The Morgan fingerprint density at radius 2 is 1.95 bits per heavy atom. The lowest BCUT2D eigenvalue weighted by Gasteiger charge is -2.10. The molecule has 6 heteroatoms. The van der Waals surface area contributed by atoms with Crippen LogP contribution in [-0.4, -0.2) is 31.7 Å². The molecule has 0 saturated heterocycles. The quantitative estimate of drug-likeness (QED) is 0.786. The lowest BCUT2D eigenvalue weighted by Crippen LogP contribution is -2.05. The van der Waals surface area contributed by atoms with E-state index in [1.807, 2.05) is 25.2 Å². The number of rotatable bonds is 4. The summed E-state index contributed by atoms with van der Waals surface area (Å²) < 4.78 is 1.70. The average molecular weight is 268 g/mol. The molecule has 102 valence electrons. The van der Waals surface area contributed by atoms with Crippen LogP contribution < -0.4 is 5.32 Å². The Hall–Kier alpha value is -2.50. The number of nitrogens with zero attached hydrogens (tertiary/aromatic N) is 5. The molecule has 1 aromatic carbocycles. The van der Waals surface area contributed by atoms with Crippen LogP contribution in [-0.2, 0) is 7.05 Å². The summed E-state index contributed by atoms with van der Waals surface area (Å²) in [4.78, 5) is 0. The minimum Gasteiger partial charge on any atom is -0.368 e. The molecule has 0 aliphatic carbocycles. The average Bonchev–Trinajstić information content (AvgIpc) is 2.91. The van der Waals surface area contributed by atoms with Gasteiger partial charge in [0.05, 0.1) is 6.20 Å². The van der Waals surface area contributed by atoms with Gasteiger partial charge < -0.3 is 5.32 Å². The first-order valence-corrected chi connectivity index (χ1v) is 6.65. The summed E-state index contributed by atoms with van der Waals surface area (Å²) in [6, 6.07) is 8.10. The summed E-state index contributed by atoms with van der Waals surface area (Å²) in [5.74, 6) is 0.821. The number of benzene rings is 1.